The number of para-hydroxylation sites is 1. The van der Waals surface area contributed by atoms with E-state index >= 15 is 0 Å². The van der Waals surface area contributed by atoms with Crippen molar-refractivity contribution in [3.05, 3.63) is 27.8 Å². The summed E-state index contributed by atoms with van der Waals surface area (Å²) in [4.78, 5) is 0. The Bertz CT molecular complexity index is 329. The number of hydrogen-bond acceptors (Lipinski definition) is 1. The molecule has 0 unspecified atom stereocenters. The summed E-state index contributed by atoms with van der Waals surface area (Å²) in [6, 6.07) is 8.29. The zero-order chi connectivity index (χ0) is 11.4. The fraction of sp³-hybridized carbons (Fsp3) is 0.571. The van der Waals surface area contributed by atoms with Crippen LogP contribution in [0.3, 0.4) is 0 Å². The maximum Gasteiger partial charge on any atom is 0.133 e. The number of benzene rings is 1. The second-order valence-electron chi connectivity index (χ2n) is 4.60. The normalized spacial score (nSPS) is 25.4. The molecular formula is C14H19IO. The average Bonchev–Trinajstić information content (AvgIpc) is 2.33. The third-order valence-corrected chi connectivity index (χ3v) is 4.39. The van der Waals surface area contributed by atoms with Gasteiger partial charge in [-0.3, -0.25) is 0 Å². The van der Waals surface area contributed by atoms with E-state index < -0.39 is 0 Å². The van der Waals surface area contributed by atoms with Gasteiger partial charge in [0.15, 0.2) is 0 Å². The van der Waals surface area contributed by atoms with Crippen LogP contribution in [0.2, 0.25) is 0 Å². The van der Waals surface area contributed by atoms with Crippen LogP contribution in [-0.2, 0) is 0 Å². The van der Waals surface area contributed by atoms with E-state index in [1.165, 1.54) is 35.7 Å². The third kappa shape index (κ3) is 3.12. The molecule has 0 atom stereocenters. The van der Waals surface area contributed by atoms with Crippen molar-refractivity contribution in [2.24, 2.45) is 5.92 Å². The number of ether oxygens (including phenoxy) is 1. The SMILES string of the molecule is CCC1CCC(Oc2ccccc2I)CC1. The van der Waals surface area contributed by atoms with Gasteiger partial charge in [0.25, 0.3) is 0 Å². The summed E-state index contributed by atoms with van der Waals surface area (Å²) in [6.45, 7) is 2.30. The van der Waals surface area contributed by atoms with Crippen LogP contribution in [-0.4, -0.2) is 6.10 Å². The van der Waals surface area contributed by atoms with Crippen LogP contribution < -0.4 is 4.74 Å². The van der Waals surface area contributed by atoms with Gasteiger partial charge in [-0.15, -0.1) is 0 Å². The van der Waals surface area contributed by atoms with Crippen molar-refractivity contribution in [2.75, 3.05) is 0 Å². The zero-order valence-electron chi connectivity index (χ0n) is 9.79. The van der Waals surface area contributed by atoms with E-state index in [9.17, 15) is 0 Å². The highest BCUT2D eigenvalue weighted by atomic mass is 127. The van der Waals surface area contributed by atoms with Crippen molar-refractivity contribution < 1.29 is 4.74 Å². The largest absolute Gasteiger partial charge is 0.489 e. The van der Waals surface area contributed by atoms with Gasteiger partial charge in [0.1, 0.15) is 5.75 Å². The lowest BCUT2D eigenvalue weighted by atomic mass is 9.86. The lowest BCUT2D eigenvalue weighted by Crippen LogP contribution is -2.24. The van der Waals surface area contributed by atoms with E-state index in [1.54, 1.807) is 0 Å². The van der Waals surface area contributed by atoms with E-state index in [4.69, 9.17) is 4.74 Å². The number of rotatable bonds is 3. The summed E-state index contributed by atoms with van der Waals surface area (Å²) in [7, 11) is 0. The van der Waals surface area contributed by atoms with Crippen molar-refractivity contribution in [1.82, 2.24) is 0 Å². The summed E-state index contributed by atoms with van der Waals surface area (Å²) >= 11 is 2.34. The minimum Gasteiger partial charge on any atom is -0.489 e. The molecule has 0 saturated heterocycles. The maximum atomic E-state index is 6.07. The molecule has 16 heavy (non-hydrogen) atoms. The van der Waals surface area contributed by atoms with Crippen molar-refractivity contribution in [2.45, 2.75) is 45.1 Å². The molecule has 88 valence electrons. The lowest BCUT2D eigenvalue weighted by molar-refractivity contribution is 0.129. The van der Waals surface area contributed by atoms with E-state index in [1.807, 2.05) is 0 Å². The summed E-state index contributed by atoms with van der Waals surface area (Å²) in [5.74, 6) is 2.00. The summed E-state index contributed by atoms with van der Waals surface area (Å²) in [5.41, 5.74) is 0. The highest BCUT2D eigenvalue weighted by Crippen LogP contribution is 2.30. The molecule has 0 amide bonds. The molecule has 0 heterocycles. The molecule has 1 aliphatic carbocycles. The number of hydrogen-bond donors (Lipinski definition) is 0. The molecule has 2 heteroatoms. The van der Waals surface area contributed by atoms with Gasteiger partial charge in [0.05, 0.1) is 9.67 Å². The molecule has 0 N–H and O–H groups in total. The molecular weight excluding hydrogens is 311 g/mol. The van der Waals surface area contributed by atoms with Gasteiger partial charge >= 0.3 is 0 Å². The molecule has 0 aromatic heterocycles. The standard InChI is InChI=1S/C14H19IO/c1-2-11-7-9-12(10-8-11)16-14-6-4-3-5-13(14)15/h3-6,11-12H,2,7-10H2,1H3. The molecule has 2 rings (SSSR count). The van der Waals surface area contributed by atoms with Crippen molar-refractivity contribution in [3.63, 3.8) is 0 Å². The molecule has 1 fully saturated rings. The second kappa shape index (κ2) is 5.89. The highest BCUT2D eigenvalue weighted by Gasteiger charge is 2.21. The van der Waals surface area contributed by atoms with Gasteiger partial charge in [0, 0.05) is 0 Å². The van der Waals surface area contributed by atoms with E-state index in [2.05, 4.69) is 53.8 Å². The summed E-state index contributed by atoms with van der Waals surface area (Å²) in [5, 5.41) is 0. The Morgan fingerprint density at radius 3 is 2.50 bits per heavy atom. The molecule has 0 spiro atoms. The van der Waals surface area contributed by atoms with Gasteiger partial charge in [-0.2, -0.15) is 0 Å². The monoisotopic (exact) mass is 330 g/mol. The van der Waals surface area contributed by atoms with E-state index in [-0.39, 0.29) is 0 Å². The Morgan fingerprint density at radius 1 is 1.19 bits per heavy atom. The molecule has 1 aromatic rings. The van der Waals surface area contributed by atoms with Gasteiger partial charge < -0.3 is 4.74 Å². The molecule has 1 aromatic carbocycles. The summed E-state index contributed by atoms with van der Waals surface area (Å²) in [6.07, 6.45) is 6.90. The molecule has 1 saturated carbocycles. The Morgan fingerprint density at radius 2 is 1.88 bits per heavy atom. The van der Waals surface area contributed by atoms with Crippen molar-refractivity contribution in [3.8, 4) is 5.75 Å². The smallest absolute Gasteiger partial charge is 0.133 e. The Labute approximate surface area is 112 Å². The molecule has 0 radical (unpaired) electrons. The Hall–Kier alpha value is -0.250. The van der Waals surface area contributed by atoms with Gasteiger partial charge in [-0.25, -0.2) is 0 Å². The average molecular weight is 330 g/mol. The van der Waals surface area contributed by atoms with Gasteiger partial charge in [0.2, 0.25) is 0 Å². The van der Waals surface area contributed by atoms with Gasteiger partial charge in [-0.1, -0.05) is 25.5 Å². The first-order chi connectivity index (χ1) is 7.79. The minimum absolute atomic E-state index is 0.443. The molecule has 1 aliphatic rings. The first kappa shape index (κ1) is 12.2. The van der Waals surface area contributed by atoms with Crippen molar-refractivity contribution in [1.29, 1.82) is 0 Å². The zero-order valence-corrected chi connectivity index (χ0v) is 11.9. The predicted molar refractivity (Wildman–Crippen MR) is 75.8 cm³/mol. The Kier molecular flexibility index (Phi) is 4.50. The topological polar surface area (TPSA) is 9.23 Å². The minimum atomic E-state index is 0.443. The maximum absolute atomic E-state index is 6.07. The van der Waals surface area contributed by atoms with Crippen LogP contribution in [0.15, 0.2) is 24.3 Å². The first-order valence-corrected chi connectivity index (χ1v) is 7.28. The lowest BCUT2D eigenvalue weighted by Gasteiger charge is -2.28. The van der Waals surface area contributed by atoms with Crippen LogP contribution in [0.25, 0.3) is 0 Å². The summed E-state index contributed by atoms with van der Waals surface area (Å²) < 4.78 is 7.29. The third-order valence-electron chi connectivity index (χ3n) is 3.50. The van der Waals surface area contributed by atoms with Crippen molar-refractivity contribution >= 4 is 22.6 Å². The van der Waals surface area contributed by atoms with Crippen LogP contribution >= 0.6 is 22.6 Å². The second-order valence-corrected chi connectivity index (χ2v) is 5.76. The quantitative estimate of drug-likeness (QED) is 0.734. The molecule has 1 nitrogen and oxygen atoms in total. The molecule has 0 bridgehead atoms. The van der Waals surface area contributed by atoms with Gasteiger partial charge in [-0.05, 0) is 66.3 Å². The van der Waals surface area contributed by atoms with E-state index in [0.717, 1.165) is 11.7 Å². The number of halogens is 1. The van der Waals surface area contributed by atoms with E-state index in [0.29, 0.717) is 6.10 Å². The fourth-order valence-corrected chi connectivity index (χ4v) is 2.89. The Balaban J connectivity index is 1.89. The van der Waals surface area contributed by atoms with Crippen LogP contribution in [0.1, 0.15) is 39.0 Å². The predicted octanol–water partition coefficient (Wildman–Crippen LogP) is 4.64. The van der Waals surface area contributed by atoms with Crippen LogP contribution in [0.4, 0.5) is 0 Å². The first-order valence-electron chi connectivity index (χ1n) is 6.20. The highest BCUT2D eigenvalue weighted by molar-refractivity contribution is 14.1. The van der Waals surface area contributed by atoms with Crippen LogP contribution in [0.5, 0.6) is 5.75 Å². The van der Waals surface area contributed by atoms with Crippen LogP contribution in [0, 0.1) is 9.49 Å². The fourth-order valence-electron chi connectivity index (χ4n) is 2.38. The molecule has 0 aliphatic heterocycles.